The second-order valence-electron chi connectivity index (χ2n) is 12.5. The number of rotatable bonds is 20. The molecule has 5 atom stereocenters. The molecule has 2 rings (SSSR count). The molecule has 4 N–H and O–H groups in total. The number of piperidine rings is 1. The van der Waals surface area contributed by atoms with Gasteiger partial charge in [-0.1, -0.05) is 40.5 Å². The summed E-state index contributed by atoms with van der Waals surface area (Å²) < 4.78 is 0. The molecule has 0 radical (unpaired) electrons. The molecule has 0 aromatic carbocycles. The standard InChI is InChI=1S/C32H48N4O9S/c1-6-19(4)20(15-25(38)23-9-7-8-14-36(23)5)31(44)35-30(18(2)3)26(39)16-27-33-22(17-46-27)32(45)34-21(10-12-28(40)41)24(37)11-13-29(42)43/h17-21,23,30H,6-16H2,1-5H3,(H,34,45)(H,35,44)(H,40,41)(H,42,43)/t19?,20-,21-,23?,30-/m0/s1. The summed E-state index contributed by atoms with van der Waals surface area (Å²) in [4.78, 5) is 93.7. The maximum absolute atomic E-state index is 13.6. The predicted molar refractivity (Wildman–Crippen MR) is 170 cm³/mol. The normalized spacial score (nSPS) is 17.8. The van der Waals surface area contributed by atoms with Gasteiger partial charge in [0.15, 0.2) is 17.3 Å². The predicted octanol–water partition coefficient (Wildman–Crippen LogP) is 2.90. The Morgan fingerprint density at radius 3 is 2.24 bits per heavy atom. The maximum atomic E-state index is 13.6. The maximum Gasteiger partial charge on any atom is 0.303 e. The van der Waals surface area contributed by atoms with Gasteiger partial charge >= 0.3 is 11.9 Å². The van der Waals surface area contributed by atoms with E-state index in [0.29, 0.717) is 11.4 Å². The van der Waals surface area contributed by atoms with E-state index in [4.69, 9.17) is 10.2 Å². The van der Waals surface area contributed by atoms with Crippen LogP contribution in [0.15, 0.2) is 5.38 Å². The minimum absolute atomic E-state index is 0.0393. The summed E-state index contributed by atoms with van der Waals surface area (Å²) in [6, 6.07) is -2.26. The molecule has 256 valence electrons. The van der Waals surface area contributed by atoms with Crippen molar-refractivity contribution in [2.75, 3.05) is 13.6 Å². The van der Waals surface area contributed by atoms with Gasteiger partial charge in [-0.25, -0.2) is 4.98 Å². The monoisotopic (exact) mass is 664 g/mol. The third-order valence-corrected chi connectivity index (χ3v) is 9.43. The smallest absolute Gasteiger partial charge is 0.303 e. The topological polar surface area (TPSA) is 200 Å². The molecule has 14 heteroatoms. The van der Waals surface area contributed by atoms with Gasteiger partial charge in [0.05, 0.1) is 31.0 Å². The number of nitrogens with zero attached hydrogens (tertiary/aromatic N) is 2. The molecule has 0 aliphatic carbocycles. The van der Waals surface area contributed by atoms with Crippen LogP contribution in [0.5, 0.6) is 0 Å². The zero-order valence-corrected chi connectivity index (χ0v) is 28.2. The zero-order chi connectivity index (χ0) is 34.6. The van der Waals surface area contributed by atoms with E-state index in [1.54, 1.807) is 0 Å². The number of thiazole rings is 1. The molecule has 1 fully saturated rings. The number of hydrogen-bond donors (Lipinski definition) is 4. The van der Waals surface area contributed by atoms with Crippen LogP contribution in [0.2, 0.25) is 0 Å². The summed E-state index contributed by atoms with van der Waals surface area (Å²) in [5.74, 6) is -5.26. The molecule has 1 saturated heterocycles. The van der Waals surface area contributed by atoms with Crippen LogP contribution in [0.3, 0.4) is 0 Å². The van der Waals surface area contributed by atoms with Crippen LogP contribution in [0.1, 0.15) is 101 Å². The molecule has 1 aliphatic heterocycles. The van der Waals surface area contributed by atoms with Crippen LogP contribution in [0.4, 0.5) is 0 Å². The van der Waals surface area contributed by atoms with Gasteiger partial charge in [0, 0.05) is 30.6 Å². The van der Waals surface area contributed by atoms with Crippen molar-refractivity contribution in [1.29, 1.82) is 0 Å². The Morgan fingerprint density at radius 1 is 0.978 bits per heavy atom. The molecule has 1 aliphatic rings. The molecule has 0 spiro atoms. The Morgan fingerprint density at radius 2 is 1.65 bits per heavy atom. The van der Waals surface area contributed by atoms with Crippen molar-refractivity contribution >= 4 is 52.4 Å². The first kappa shape index (κ1) is 38.7. The number of carbonyl (C=O) groups is 7. The van der Waals surface area contributed by atoms with Gasteiger partial charge in [-0.15, -0.1) is 11.3 Å². The number of likely N-dealkylation sites (tertiary alicyclic amines) is 1. The van der Waals surface area contributed by atoms with Crippen LogP contribution < -0.4 is 10.6 Å². The van der Waals surface area contributed by atoms with Gasteiger partial charge in [0.2, 0.25) is 5.91 Å². The highest BCUT2D eigenvalue weighted by Crippen LogP contribution is 2.25. The molecule has 46 heavy (non-hydrogen) atoms. The van der Waals surface area contributed by atoms with Crippen LogP contribution >= 0.6 is 11.3 Å². The second-order valence-corrected chi connectivity index (χ2v) is 13.4. The van der Waals surface area contributed by atoms with Crippen molar-refractivity contribution in [2.24, 2.45) is 17.8 Å². The molecule has 0 saturated carbocycles. The first-order chi connectivity index (χ1) is 21.6. The second kappa shape index (κ2) is 18.6. The number of carbonyl (C=O) groups excluding carboxylic acids is 5. The Balaban J connectivity index is 2.10. The largest absolute Gasteiger partial charge is 0.481 e. The van der Waals surface area contributed by atoms with E-state index in [-0.39, 0.29) is 66.7 Å². The summed E-state index contributed by atoms with van der Waals surface area (Å²) in [5, 5.41) is 24.9. The van der Waals surface area contributed by atoms with Crippen LogP contribution in [0, 0.1) is 17.8 Å². The van der Waals surface area contributed by atoms with Gasteiger partial charge in [-0.05, 0) is 44.7 Å². The quantitative estimate of drug-likeness (QED) is 0.160. The third-order valence-electron chi connectivity index (χ3n) is 8.58. The fraction of sp³-hybridized carbons (Fsp3) is 0.688. The van der Waals surface area contributed by atoms with E-state index in [9.17, 15) is 33.6 Å². The fourth-order valence-corrected chi connectivity index (χ4v) is 6.31. The lowest BCUT2D eigenvalue weighted by atomic mass is 9.83. The lowest BCUT2D eigenvalue weighted by Gasteiger charge is -2.33. The SMILES string of the molecule is CCC(C)[C@H](CC(=O)C1CCCCN1C)C(=O)N[C@H](C(=O)Cc1nc(C(=O)N[C@@H](CCC(=O)O)C(=O)CCC(=O)O)cs1)C(C)C. The van der Waals surface area contributed by atoms with Crippen molar-refractivity contribution in [3.63, 3.8) is 0 Å². The Kier molecular flexibility index (Phi) is 15.6. The van der Waals surface area contributed by atoms with Gasteiger partial charge in [0.1, 0.15) is 10.7 Å². The lowest BCUT2D eigenvalue weighted by Crippen LogP contribution is -2.49. The average Bonchev–Trinajstić information content (AvgIpc) is 3.47. The van der Waals surface area contributed by atoms with Crippen molar-refractivity contribution in [3.8, 4) is 0 Å². The molecule has 2 unspecified atom stereocenters. The molecular formula is C32H48N4O9S. The number of aromatic nitrogens is 1. The summed E-state index contributed by atoms with van der Waals surface area (Å²) in [6.07, 6.45) is 1.96. The van der Waals surface area contributed by atoms with E-state index in [1.807, 2.05) is 39.6 Å². The minimum Gasteiger partial charge on any atom is -0.481 e. The number of amides is 2. The molecule has 2 amide bonds. The average molecular weight is 665 g/mol. The van der Waals surface area contributed by atoms with E-state index < -0.39 is 54.5 Å². The van der Waals surface area contributed by atoms with Crippen molar-refractivity contribution in [1.82, 2.24) is 20.5 Å². The van der Waals surface area contributed by atoms with Crippen LogP contribution in [-0.4, -0.2) is 92.9 Å². The molecule has 2 heterocycles. The lowest BCUT2D eigenvalue weighted by molar-refractivity contribution is -0.139. The van der Waals surface area contributed by atoms with Crippen molar-refractivity contribution in [2.45, 2.75) is 110 Å². The number of ketones is 3. The number of hydrogen-bond acceptors (Lipinski definition) is 10. The first-order valence-electron chi connectivity index (χ1n) is 15.9. The summed E-state index contributed by atoms with van der Waals surface area (Å²) in [5.41, 5.74) is -0.0766. The third kappa shape index (κ3) is 12.0. The van der Waals surface area contributed by atoms with Gasteiger partial charge in [-0.3, -0.25) is 38.5 Å². The Hall–Kier alpha value is -3.52. The van der Waals surface area contributed by atoms with Gasteiger partial charge in [0.25, 0.3) is 5.91 Å². The minimum atomic E-state index is -1.21. The van der Waals surface area contributed by atoms with Gasteiger partial charge in [-0.2, -0.15) is 0 Å². The number of Topliss-reactive ketones (excluding diaryl/α,β-unsaturated/α-hetero) is 3. The molecular weight excluding hydrogens is 616 g/mol. The summed E-state index contributed by atoms with van der Waals surface area (Å²) in [6.45, 7) is 8.36. The molecule has 1 aromatic rings. The first-order valence-corrected chi connectivity index (χ1v) is 16.8. The van der Waals surface area contributed by atoms with Crippen molar-refractivity contribution < 1.29 is 43.8 Å². The van der Waals surface area contributed by atoms with E-state index in [1.165, 1.54) is 5.38 Å². The highest BCUT2D eigenvalue weighted by Gasteiger charge is 2.35. The van der Waals surface area contributed by atoms with Crippen LogP contribution in [0.25, 0.3) is 0 Å². The van der Waals surface area contributed by atoms with Gasteiger partial charge < -0.3 is 20.8 Å². The number of carboxylic acid groups (broad SMARTS) is 2. The zero-order valence-electron chi connectivity index (χ0n) is 27.4. The molecule has 0 bridgehead atoms. The number of nitrogens with one attached hydrogen (secondary N) is 2. The summed E-state index contributed by atoms with van der Waals surface area (Å²) >= 11 is 1.05. The highest BCUT2D eigenvalue weighted by atomic mass is 32.1. The Bertz CT molecular complexity index is 1260. The van der Waals surface area contributed by atoms with Crippen LogP contribution in [-0.2, 0) is 35.2 Å². The highest BCUT2D eigenvalue weighted by molar-refractivity contribution is 7.10. The number of carboxylic acids is 2. The fourth-order valence-electron chi connectivity index (χ4n) is 5.52. The van der Waals surface area contributed by atoms with E-state index >= 15 is 0 Å². The van der Waals surface area contributed by atoms with E-state index in [0.717, 1.165) is 37.1 Å². The molecule has 13 nitrogen and oxygen atoms in total. The van der Waals surface area contributed by atoms with Crippen molar-refractivity contribution in [3.05, 3.63) is 16.1 Å². The Labute approximate surface area is 273 Å². The van der Waals surface area contributed by atoms with E-state index in [2.05, 4.69) is 15.6 Å². The molecule has 1 aromatic heterocycles. The number of aliphatic carboxylic acids is 2. The number of likely N-dealkylation sites (N-methyl/N-ethyl adjacent to an activating group) is 1. The summed E-state index contributed by atoms with van der Waals surface area (Å²) in [7, 11) is 1.93.